The van der Waals surface area contributed by atoms with Crippen LogP contribution in [-0.4, -0.2) is 95.9 Å². The number of carbonyl (C=O) groups is 5. The van der Waals surface area contributed by atoms with E-state index >= 15 is 0 Å². The van der Waals surface area contributed by atoms with E-state index in [1.165, 1.54) is 12.1 Å². The second-order valence-corrected chi connectivity index (χ2v) is 16.6. The number of imide groups is 2. The van der Waals surface area contributed by atoms with E-state index in [-0.39, 0.29) is 66.0 Å². The van der Waals surface area contributed by atoms with Gasteiger partial charge < -0.3 is 24.4 Å². The minimum Gasteiger partial charge on any atom is -0.490 e. The summed E-state index contributed by atoms with van der Waals surface area (Å²) in [4.78, 5) is 71.3. The summed E-state index contributed by atoms with van der Waals surface area (Å²) in [6.45, 7) is 5.78. The zero-order valence-electron chi connectivity index (χ0n) is 34.4. The normalized spacial score (nSPS) is 21.6. The van der Waals surface area contributed by atoms with Crippen molar-refractivity contribution in [3.8, 4) is 11.5 Å². The molecule has 2 atom stereocenters. The Bertz CT molecular complexity index is 2270. The lowest BCUT2D eigenvalue weighted by Crippen LogP contribution is -2.54. The van der Waals surface area contributed by atoms with Gasteiger partial charge in [0.15, 0.2) is 0 Å². The Morgan fingerprint density at radius 2 is 1.69 bits per heavy atom. The molecule has 1 aliphatic carbocycles. The Hall–Kier alpha value is -5.73. The fourth-order valence-corrected chi connectivity index (χ4v) is 9.26. The monoisotopic (exact) mass is 833 g/mol. The summed E-state index contributed by atoms with van der Waals surface area (Å²) in [6.07, 6.45) is 8.53. The minimum atomic E-state index is -1.03. The molecule has 1 saturated carbocycles. The van der Waals surface area contributed by atoms with Gasteiger partial charge in [-0.2, -0.15) is 0 Å². The van der Waals surface area contributed by atoms with Crippen molar-refractivity contribution < 1.29 is 42.6 Å². The van der Waals surface area contributed by atoms with E-state index in [0.717, 1.165) is 97.4 Å². The molecule has 13 nitrogen and oxygen atoms in total. The fourth-order valence-electron chi connectivity index (χ4n) is 9.26. The van der Waals surface area contributed by atoms with Crippen molar-refractivity contribution >= 4 is 46.1 Å². The maximum atomic E-state index is 14.0. The zero-order chi connectivity index (χ0) is 42.5. The molecule has 1 aromatic heterocycles. The number of hydrogen-bond acceptors (Lipinski definition) is 10. The third-order valence-electron chi connectivity index (χ3n) is 12.7. The van der Waals surface area contributed by atoms with Gasteiger partial charge in [-0.05, 0) is 129 Å². The SMILES string of the molecule is C[C@@H](C(=O)Nc1ccc(OC2CCN(CCCOCCOc3cccc4c3C(=O)N(C3CCC(=O)NC3=O)C4=O)CC2)cc1)C1CCC(c2ccnc3ccc(F)cc23)CC1. The first-order valence-corrected chi connectivity index (χ1v) is 21.5. The van der Waals surface area contributed by atoms with Gasteiger partial charge in [-0.25, -0.2) is 4.39 Å². The number of anilines is 1. The number of nitrogens with zero attached hydrogens (tertiary/aromatic N) is 3. The van der Waals surface area contributed by atoms with Crippen molar-refractivity contribution in [3.63, 3.8) is 0 Å². The average molecular weight is 834 g/mol. The number of piperidine rings is 2. The highest BCUT2D eigenvalue weighted by Gasteiger charge is 2.46. The number of benzene rings is 3. The highest BCUT2D eigenvalue weighted by Crippen LogP contribution is 2.41. The molecule has 1 unspecified atom stereocenters. The summed E-state index contributed by atoms with van der Waals surface area (Å²) in [6, 6.07) is 18.2. The van der Waals surface area contributed by atoms with Gasteiger partial charge in [-0.1, -0.05) is 13.0 Å². The molecule has 61 heavy (non-hydrogen) atoms. The molecule has 14 heteroatoms. The molecule has 2 N–H and O–H groups in total. The maximum Gasteiger partial charge on any atom is 0.266 e. The summed E-state index contributed by atoms with van der Waals surface area (Å²) in [5.41, 5.74) is 3.01. The Balaban J connectivity index is 0.698. The number of halogens is 1. The van der Waals surface area contributed by atoms with Crippen LogP contribution in [0, 0.1) is 17.7 Å². The van der Waals surface area contributed by atoms with Crippen molar-refractivity contribution in [2.24, 2.45) is 11.8 Å². The molecule has 4 aliphatic rings. The number of ether oxygens (including phenoxy) is 3. The second-order valence-electron chi connectivity index (χ2n) is 16.6. The van der Waals surface area contributed by atoms with E-state index in [1.54, 1.807) is 30.5 Å². The van der Waals surface area contributed by atoms with Crippen molar-refractivity contribution in [1.29, 1.82) is 0 Å². The van der Waals surface area contributed by atoms with E-state index in [9.17, 15) is 28.4 Å². The van der Waals surface area contributed by atoms with E-state index in [2.05, 4.69) is 20.5 Å². The van der Waals surface area contributed by atoms with Crippen LogP contribution in [0.5, 0.6) is 11.5 Å². The van der Waals surface area contributed by atoms with E-state index in [0.29, 0.717) is 19.1 Å². The van der Waals surface area contributed by atoms with Crippen molar-refractivity contribution in [2.75, 3.05) is 44.8 Å². The van der Waals surface area contributed by atoms with E-state index < -0.39 is 29.7 Å². The highest BCUT2D eigenvalue weighted by molar-refractivity contribution is 6.24. The smallest absolute Gasteiger partial charge is 0.266 e. The largest absolute Gasteiger partial charge is 0.490 e. The number of nitrogens with one attached hydrogen (secondary N) is 2. The molecule has 4 heterocycles. The topological polar surface area (TPSA) is 156 Å². The summed E-state index contributed by atoms with van der Waals surface area (Å²) >= 11 is 0. The van der Waals surface area contributed by atoms with Gasteiger partial charge in [0.1, 0.15) is 36.1 Å². The van der Waals surface area contributed by atoms with Crippen LogP contribution in [0.4, 0.5) is 10.1 Å². The third-order valence-corrected chi connectivity index (χ3v) is 12.7. The first kappa shape index (κ1) is 42.0. The predicted octanol–water partition coefficient (Wildman–Crippen LogP) is 6.65. The van der Waals surface area contributed by atoms with Crippen LogP contribution in [-0.2, 0) is 19.1 Å². The fraction of sp³-hybridized carbons (Fsp3) is 0.447. The number of fused-ring (bicyclic) bond motifs is 2. The van der Waals surface area contributed by atoms with Gasteiger partial charge in [0.05, 0.1) is 23.3 Å². The van der Waals surface area contributed by atoms with Gasteiger partial charge in [0.25, 0.3) is 11.8 Å². The Morgan fingerprint density at radius 3 is 2.46 bits per heavy atom. The van der Waals surface area contributed by atoms with Crippen molar-refractivity contribution in [1.82, 2.24) is 20.1 Å². The highest BCUT2D eigenvalue weighted by atomic mass is 19.1. The molecule has 320 valence electrons. The summed E-state index contributed by atoms with van der Waals surface area (Å²) in [7, 11) is 0. The minimum absolute atomic E-state index is 0.0211. The van der Waals surface area contributed by atoms with Crippen LogP contribution in [0.2, 0.25) is 0 Å². The number of likely N-dealkylation sites (tertiary alicyclic amines) is 1. The standard InChI is InChI=1S/C47H52FN5O8/c1-29(30-6-8-31(9-7-30)36-18-21-49-39-15-10-32(48)28-38(36)39)44(55)50-33-11-13-34(14-12-33)61-35-19-23-52(24-20-35)22-3-25-59-26-27-60-41-5-2-4-37-43(41)47(58)53(46(37)57)40-16-17-42(54)51-45(40)56/h2,4-5,10-15,18,21,28-31,35,40H,3,6-9,16-17,19-20,22-27H2,1H3,(H,50,55)(H,51,54,56)/t29-,30?,31?,40?/m1/s1. The molecular formula is C47H52FN5O8. The molecule has 0 bridgehead atoms. The molecule has 4 aromatic rings. The average Bonchev–Trinajstić information content (AvgIpc) is 3.52. The molecule has 3 aromatic carbocycles. The maximum absolute atomic E-state index is 14.0. The first-order valence-electron chi connectivity index (χ1n) is 21.5. The summed E-state index contributed by atoms with van der Waals surface area (Å²) in [5.74, 6) is -0.944. The van der Waals surface area contributed by atoms with Gasteiger partial charge in [0, 0.05) is 55.9 Å². The third kappa shape index (κ3) is 9.60. The number of aromatic nitrogens is 1. The molecule has 2 saturated heterocycles. The lowest BCUT2D eigenvalue weighted by molar-refractivity contribution is -0.136. The van der Waals surface area contributed by atoms with Gasteiger partial charge >= 0.3 is 0 Å². The number of hydrogen-bond donors (Lipinski definition) is 2. The Morgan fingerprint density at radius 1 is 0.902 bits per heavy atom. The van der Waals surface area contributed by atoms with Crippen LogP contribution in [0.25, 0.3) is 10.9 Å². The van der Waals surface area contributed by atoms with Crippen LogP contribution < -0.4 is 20.1 Å². The molecule has 5 amide bonds. The van der Waals surface area contributed by atoms with Gasteiger partial charge in [-0.15, -0.1) is 0 Å². The van der Waals surface area contributed by atoms with Crippen molar-refractivity contribution in [3.05, 3.63) is 95.4 Å². The zero-order valence-corrected chi connectivity index (χ0v) is 34.4. The first-order chi connectivity index (χ1) is 29.6. The van der Waals surface area contributed by atoms with Crippen molar-refractivity contribution in [2.45, 2.75) is 82.8 Å². The number of pyridine rings is 1. The molecule has 3 aliphatic heterocycles. The van der Waals surface area contributed by atoms with Gasteiger partial charge in [0.2, 0.25) is 17.7 Å². The molecule has 0 spiro atoms. The summed E-state index contributed by atoms with van der Waals surface area (Å²) in [5, 5.41) is 6.19. The number of carbonyl (C=O) groups excluding carboxylic acids is 5. The Labute approximate surface area is 354 Å². The van der Waals surface area contributed by atoms with Crippen LogP contribution in [0.15, 0.2) is 72.9 Å². The number of amides is 5. The molecule has 3 fully saturated rings. The van der Waals surface area contributed by atoms with E-state index in [1.807, 2.05) is 37.3 Å². The Kier molecular flexibility index (Phi) is 13.0. The summed E-state index contributed by atoms with van der Waals surface area (Å²) < 4.78 is 32.0. The molecular weight excluding hydrogens is 782 g/mol. The quantitative estimate of drug-likeness (QED) is 0.0982. The van der Waals surface area contributed by atoms with Crippen LogP contribution in [0.3, 0.4) is 0 Å². The molecule has 0 radical (unpaired) electrons. The van der Waals surface area contributed by atoms with Crippen LogP contribution >= 0.6 is 0 Å². The molecule has 8 rings (SSSR count). The van der Waals surface area contributed by atoms with E-state index in [4.69, 9.17) is 14.2 Å². The van der Waals surface area contributed by atoms with Crippen LogP contribution in [0.1, 0.15) is 96.9 Å². The van der Waals surface area contributed by atoms with Gasteiger partial charge in [-0.3, -0.25) is 39.2 Å². The predicted molar refractivity (Wildman–Crippen MR) is 225 cm³/mol. The number of rotatable bonds is 15. The second kappa shape index (κ2) is 18.9. The lowest BCUT2D eigenvalue weighted by Gasteiger charge is -2.32. The lowest BCUT2D eigenvalue weighted by atomic mass is 9.73.